The second kappa shape index (κ2) is 16.5. The molecule has 16 rings (SSSR count). The van der Waals surface area contributed by atoms with Gasteiger partial charge in [-0.3, -0.25) is 4.98 Å². The zero-order chi connectivity index (χ0) is 49.8. The van der Waals surface area contributed by atoms with E-state index in [0.29, 0.717) is 23.2 Å². The SMILES string of the molecule is c1ccc(-c2nc(-c3ccccc3)nc(-c3cc(-c4cccc5oc6ccc7c8ccccc8n(-c8ccccc8)c7c6c45)cnc3-c3cccc4oc5ccc6c7ccccc7n(-c7ccccc7)c6c5c34)n2)cc1. The number of aromatic nitrogens is 6. The molecule has 8 nitrogen and oxygen atoms in total. The molecule has 0 atom stereocenters. The molecule has 8 heteroatoms. The van der Waals surface area contributed by atoms with Crippen LogP contribution in [0.1, 0.15) is 0 Å². The molecule has 0 saturated heterocycles. The van der Waals surface area contributed by atoms with Crippen molar-refractivity contribution < 1.29 is 8.83 Å². The van der Waals surface area contributed by atoms with Crippen LogP contribution in [0, 0.1) is 0 Å². The quantitative estimate of drug-likeness (QED) is 0.158. The molecule has 0 amide bonds. The van der Waals surface area contributed by atoms with Gasteiger partial charge < -0.3 is 18.0 Å². The largest absolute Gasteiger partial charge is 0.456 e. The molecule has 0 aliphatic carbocycles. The number of pyridine rings is 1. The van der Waals surface area contributed by atoms with E-state index in [-0.39, 0.29) is 0 Å². The highest BCUT2D eigenvalue weighted by Gasteiger charge is 2.26. The molecule has 0 aliphatic rings. The van der Waals surface area contributed by atoms with E-state index in [4.69, 9.17) is 28.8 Å². The van der Waals surface area contributed by atoms with Crippen LogP contribution in [0.15, 0.2) is 252 Å². The molecule has 6 aromatic heterocycles. The predicted molar refractivity (Wildman–Crippen MR) is 308 cm³/mol. The third-order valence-corrected chi connectivity index (χ3v) is 15.0. The summed E-state index contributed by atoms with van der Waals surface area (Å²) in [7, 11) is 0. The minimum atomic E-state index is 0.487. The molecule has 354 valence electrons. The van der Waals surface area contributed by atoms with Crippen LogP contribution < -0.4 is 0 Å². The summed E-state index contributed by atoms with van der Waals surface area (Å²) in [5.41, 5.74) is 15.5. The van der Waals surface area contributed by atoms with Gasteiger partial charge in [0.05, 0.1) is 38.5 Å². The zero-order valence-electron chi connectivity index (χ0n) is 40.6. The van der Waals surface area contributed by atoms with Gasteiger partial charge in [0.1, 0.15) is 22.3 Å². The summed E-state index contributed by atoms with van der Waals surface area (Å²) in [4.78, 5) is 21.5. The van der Waals surface area contributed by atoms with E-state index in [2.05, 4.69) is 185 Å². The van der Waals surface area contributed by atoms with Gasteiger partial charge in [-0.2, -0.15) is 0 Å². The van der Waals surface area contributed by atoms with Crippen LogP contribution >= 0.6 is 0 Å². The van der Waals surface area contributed by atoms with Crippen LogP contribution in [0.25, 0.3) is 155 Å². The van der Waals surface area contributed by atoms with Gasteiger partial charge >= 0.3 is 0 Å². The summed E-state index contributed by atoms with van der Waals surface area (Å²) < 4.78 is 18.5. The Kier molecular flexibility index (Phi) is 9.17. The Morgan fingerprint density at radius 3 is 1.26 bits per heavy atom. The monoisotopic (exact) mass is 972 g/mol. The molecule has 6 heterocycles. The molecule has 0 bridgehead atoms. The fraction of sp³-hybridized carbons (Fsp3) is 0. The third kappa shape index (κ3) is 6.31. The molecule has 0 fully saturated rings. The summed E-state index contributed by atoms with van der Waals surface area (Å²) in [5.74, 6) is 1.60. The highest BCUT2D eigenvalue weighted by atomic mass is 16.3. The Labute approximate surface area is 434 Å². The Morgan fingerprint density at radius 1 is 0.303 bits per heavy atom. The first-order chi connectivity index (χ1) is 37.7. The summed E-state index contributed by atoms with van der Waals surface area (Å²) in [6, 6.07) is 82.0. The highest BCUT2D eigenvalue weighted by molar-refractivity contribution is 6.28. The van der Waals surface area contributed by atoms with Crippen LogP contribution in [-0.4, -0.2) is 29.1 Å². The molecule has 0 aliphatic heterocycles. The number of nitrogens with zero attached hydrogens (tertiary/aromatic N) is 6. The van der Waals surface area contributed by atoms with E-state index in [9.17, 15) is 0 Å². The Bertz CT molecular complexity index is 4920. The lowest BCUT2D eigenvalue weighted by Crippen LogP contribution is -2.02. The lowest BCUT2D eigenvalue weighted by atomic mass is 9.94. The van der Waals surface area contributed by atoms with E-state index >= 15 is 0 Å². The third-order valence-electron chi connectivity index (χ3n) is 15.0. The number of hydrogen-bond acceptors (Lipinski definition) is 6. The van der Waals surface area contributed by atoms with Crippen LogP contribution in [0.3, 0.4) is 0 Å². The molecule has 16 aromatic rings. The first-order valence-corrected chi connectivity index (χ1v) is 25.5. The molecule has 0 radical (unpaired) electrons. The first-order valence-electron chi connectivity index (χ1n) is 25.5. The van der Waals surface area contributed by atoms with Crippen molar-refractivity contribution in [3.05, 3.63) is 243 Å². The number of furan rings is 2. The minimum absolute atomic E-state index is 0.487. The minimum Gasteiger partial charge on any atom is -0.456 e. The zero-order valence-corrected chi connectivity index (χ0v) is 40.6. The fourth-order valence-corrected chi connectivity index (χ4v) is 11.8. The van der Waals surface area contributed by atoms with E-state index < -0.39 is 0 Å². The average Bonchev–Trinajstić information content (AvgIpc) is 4.39. The van der Waals surface area contributed by atoms with Crippen LogP contribution in [0.4, 0.5) is 0 Å². The van der Waals surface area contributed by atoms with E-state index in [1.54, 1.807) is 0 Å². The predicted octanol–water partition coefficient (Wildman–Crippen LogP) is 17.6. The van der Waals surface area contributed by atoms with Crippen molar-refractivity contribution in [1.82, 2.24) is 29.1 Å². The van der Waals surface area contributed by atoms with Gasteiger partial charge in [-0.15, -0.1) is 0 Å². The van der Waals surface area contributed by atoms with E-state index in [1.807, 2.05) is 66.9 Å². The van der Waals surface area contributed by atoms with Gasteiger partial charge in [-0.25, -0.2) is 15.0 Å². The van der Waals surface area contributed by atoms with Gasteiger partial charge in [-0.1, -0.05) is 158 Å². The van der Waals surface area contributed by atoms with Gasteiger partial charge in [0, 0.05) is 77.7 Å². The number of fused-ring (bicyclic) bond motifs is 14. The van der Waals surface area contributed by atoms with Crippen molar-refractivity contribution in [1.29, 1.82) is 0 Å². The second-order valence-electron chi connectivity index (χ2n) is 19.3. The van der Waals surface area contributed by atoms with Crippen LogP contribution in [0.5, 0.6) is 0 Å². The van der Waals surface area contributed by atoms with Crippen molar-refractivity contribution in [3.8, 4) is 67.9 Å². The van der Waals surface area contributed by atoms with Crippen molar-refractivity contribution >= 4 is 87.5 Å². The van der Waals surface area contributed by atoms with Gasteiger partial charge in [0.2, 0.25) is 0 Å². The van der Waals surface area contributed by atoms with Crippen molar-refractivity contribution in [2.75, 3.05) is 0 Å². The van der Waals surface area contributed by atoms with Gasteiger partial charge in [0.25, 0.3) is 0 Å². The summed E-state index contributed by atoms with van der Waals surface area (Å²) in [6.45, 7) is 0. The Hall–Kier alpha value is -10.4. The molecular weight excluding hydrogens is 933 g/mol. The van der Waals surface area contributed by atoms with E-state index in [0.717, 1.165) is 127 Å². The van der Waals surface area contributed by atoms with Crippen molar-refractivity contribution in [2.45, 2.75) is 0 Å². The smallest absolute Gasteiger partial charge is 0.166 e. The molecule has 0 N–H and O–H groups in total. The van der Waals surface area contributed by atoms with E-state index in [1.165, 1.54) is 5.39 Å². The molecule has 0 unspecified atom stereocenters. The molecular formula is C68H40N6O2. The van der Waals surface area contributed by atoms with Crippen LogP contribution in [-0.2, 0) is 0 Å². The number of benzene rings is 10. The average molecular weight is 973 g/mol. The van der Waals surface area contributed by atoms with Crippen LogP contribution in [0.2, 0.25) is 0 Å². The van der Waals surface area contributed by atoms with Crippen molar-refractivity contribution in [3.63, 3.8) is 0 Å². The Balaban J connectivity index is 1.02. The number of rotatable bonds is 7. The summed E-state index contributed by atoms with van der Waals surface area (Å²) >= 11 is 0. The molecule has 0 saturated carbocycles. The summed E-state index contributed by atoms with van der Waals surface area (Å²) in [6.07, 6.45) is 1.99. The maximum absolute atomic E-state index is 6.89. The molecule has 76 heavy (non-hydrogen) atoms. The molecule has 0 spiro atoms. The maximum Gasteiger partial charge on any atom is 0.166 e. The number of hydrogen-bond donors (Lipinski definition) is 0. The fourth-order valence-electron chi connectivity index (χ4n) is 11.8. The standard InChI is InChI=1S/C68H40N6O2/c1-5-19-41(20-6-1)66-70-67(42-21-7-2-8-22-42)72-68(71-66)52-39-43(46-29-17-33-55-59(46)61-57(75-55)37-35-49-47-27-13-15-31-53(47)73(64(49)61)44-23-9-3-10-24-44)40-69-63(52)51-30-18-34-56-60(51)62-58(76-56)38-36-50-48-28-14-16-32-54(48)74(65(50)62)45-25-11-4-12-26-45/h1-40H. The molecule has 10 aromatic carbocycles. The lowest BCUT2D eigenvalue weighted by Gasteiger charge is -2.15. The normalized spacial score (nSPS) is 11.9. The lowest BCUT2D eigenvalue weighted by molar-refractivity contribution is 0.669. The Morgan fingerprint density at radius 2 is 0.737 bits per heavy atom. The maximum atomic E-state index is 6.89. The second-order valence-corrected chi connectivity index (χ2v) is 19.3. The first kappa shape index (κ1) is 42.1. The summed E-state index contributed by atoms with van der Waals surface area (Å²) in [5, 5.41) is 8.57. The number of para-hydroxylation sites is 4. The van der Waals surface area contributed by atoms with Gasteiger partial charge in [0.15, 0.2) is 17.5 Å². The van der Waals surface area contributed by atoms with Crippen molar-refractivity contribution in [2.24, 2.45) is 0 Å². The topological polar surface area (TPSA) is 87.7 Å². The van der Waals surface area contributed by atoms with Gasteiger partial charge in [-0.05, 0) is 84.4 Å². The highest BCUT2D eigenvalue weighted by Crippen LogP contribution is 2.48.